The van der Waals surface area contributed by atoms with Gasteiger partial charge < -0.3 is 198 Å². The molecule has 0 spiro atoms. The largest absolute Gasteiger partial charge is 0.394 e. The first kappa shape index (κ1) is 78.4. The van der Waals surface area contributed by atoms with Gasteiger partial charge in [-0.2, -0.15) is 0 Å². The van der Waals surface area contributed by atoms with E-state index in [4.69, 9.17) is 80.9 Å². The van der Waals surface area contributed by atoms with Gasteiger partial charge in [0.25, 0.3) is 0 Å². The minimum absolute atomic E-state index is 0.532. The molecule has 8 rings (SSSR count). The number of rotatable bonds is 18. The van der Waals surface area contributed by atoms with Crippen LogP contribution in [0.4, 0.5) is 0 Å². The maximum Gasteiger partial charge on any atom is 0.187 e. The van der Waals surface area contributed by atoms with Crippen LogP contribution < -0.4 is 0 Å². The number of hydrogen-bond acceptors (Lipinski definition) is 40. The molecule has 0 aromatic rings. The van der Waals surface area contributed by atoms with Crippen molar-refractivity contribution in [3.63, 3.8) is 0 Å². The lowest BCUT2D eigenvalue weighted by atomic mass is 9.96. The monoisotopic (exact) mass is 1340 g/mol. The van der Waals surface area contributed by atoms with Crippen molar-refractivity contribution < 1.29 is 198 Å². The molecular weight excluding hydrogens is 1250 g/mol. The predicted octanol–water partition coefficient (Wildman–Crippen LogP) is -15.5. The van der Waals surface area contributed by atoms with Crippen molar-refractivity contribution >= 4 is 0 Å². The number of aliphatic hydroxyl groups excluding tert-OH is 24. The fraction of sp³-hybridized carbons (Fsp3) is 1.00. The summed E-state index contributed by atoms with van der Waals surface area (Å²) in [6.45, 7) is 1.02. The van der Waals surface area contributed by atoms with E-state index in [1.807, 2.05) is 0 Å². The van der Waals surface area contributed by atoms with E-state index in [9.17, 15) is 117 Å². The zero-order valence-corrected chi connectivity index (χ0v) is 49.9. The SMILES string of the molecule is CO[C@@H]1OC(CO)[C@H](O)[C@H](O)C1O[C@@H]1OC(C)[C@@H](O)C(O)[C@@H]1O.CO[C@@H]1OC(CO)[C@H](O)[C@H](O[C@H]2OC(CO)[C@H](O)[C@H](O)C2O)C1O[C@@H]1OC(C)[C@@H](O)C(O)[C@@H]1O.CO[C@@H]1OC(CO)[C@H](O)[C@H](O[C@H]2OC(CO)[C@H](O)[C@H](O)C2O)C1O[C@@H]1OC(C)[C@@H](O)C(O)[C@@H]1O. The van der Waals surface area contributed by atoms with E-state index in [1.165, 1.54) is 42.1 Å². The van der Waals surface area contributed by atoms with E-state index >= 15 is 0 Å². The van der Waals surface area contributed by atoms with Gasteiger partial charge in [0, 0.05) is 21.3 Å². The Morgan fingerprint density at radius 1 is 0.209 bits per heavy atom. The Balaban J connectivity index is 0.000000222. The molecule has 0 bridgehead atoms. The normalized spacial score (nSPS) is 52.3. The van der Waals surface area contributed by atoms with Crippen molar-refractivity contribution in [3.05, 3.63) is 0 Å². The Morgan fingerprint density at radius 3 is 0.670 bits per heavy atom. The van der Waals surface area contributed by atoms with Crippen LogP contribution in [-0.4, -0.2) is 423 Å². The summed E-state index contributed by atoms with van der Waals surface area (Å²) in [6, 6.07) is 0. The molecule has 8 aliphatic heterocycles. The second kappa shape index (κ2) is 34.7. The van der Waals surface area contributed by atoms with E-state index in [1.54, 1.807) is 0 Å². The first-order valence-electron chi connectivity index (χ1n) is 29.0. The van der Waals surface area contributed by atoms with Gasteiger partial charge in [0.2, 0.25) is 0 Å². The molecule has 8 heterocycles. The van der Waals surface area contributed by atoms with Crippen molar-refractivity contribution in [3.8, 4) is 0 Å². The molecule has 8 aliphatic rings. The molecule has 0 aromatic heterocycles. The Kier molecular flexibility index (Phi) is 29.9. The smallest absolute Gasteiger partial charge is 0.187 e. The highest BCUT2D eigenvalue weighted by molar-refractivity contribution is 4.99. The van der Waals surface area contributed by atoms with Gasteiger partial charge in [-0.15, -0.1) is 0 Å². The molecule has 0 aromatic carbocycles. The third-order valence-electron chi connectivity index (χ3n) is 16.7. The third kappa shape index (κ3) is 17.5. The van der Waals surface area contributed by atoms with Crippen LogP contribution in [0.3, 0.4) is 0 Å². The molecule has 40 atom stereocenters. The van der Waals surface area contributed by atoms with Gasteiger partial charge in [-0.3, -0.25) is 0 Å². The molecule has 16 unspecified atom stereocenters. The summed E-state index contributed by atoms with van der Waals surface area (Å²) >= 11 is 0. The van der Waals surface area contributed by atoms with Crippen LogP contribution in [0.5, 0.6) is 0 Å². The number of ether oxygens (including phenoxy) is 16. The molecule has 0 saturated carbocycles. The standard InChI is InChI=1S/2C19H34O15.C13H24O10/c2*1-5-8(22)11(25)13(27)17(30-5)34-16-15(10(24)7(4-21)32-19(16)29-2)33-18-14(28)12(26)9(23)6(3-20)31-18;1-4-6(15)8(17)10(19)12(21-4)23-11-9(18)7(16)5(3-14)22-13(11)20-2/h2*5-28H,3-4H2,1-2H3;4-19H,3H2,1-2H3/t2*5?,6?,7?,8-,9+,10+,11?,12+,13+,14?,15+,16?,17+,18-,19-;4?,5?,6-,7+,8?,9+,10+,11?,12+,13-/m111/s1. The molecule has 0 aliphatic carbocycles. The van der Waals surface area contributed by atoms with Crippen molar-refractivity contribution in [1.82, 2.24) is 0 Å². The molecule has 40 nitrogen and oxygen atoms in total. The minimum Gasteiger partial charge on any atom is -0.394 e. The molecule has 8 fully saturated rings. The van der Waals surface area contributed by atoms with Gasteiger partial charge in [0.15, 0.2) is 50.3 Å². The molecule has 0 radical (unpaired) electrons. The second-order valence-corrected chi connectivity index (χ2v) is 22.8. The zero-order valence-electron chi connectivity index (χ0n) is 49.9. The summed E-state index contributed by atoms with van der Waals surface area (Å²) in [7, 11) is 3.72. The quantitative estimate of drug-likeness (QED) is 0.0606. The second-order valence-electron chi connectivity index (χ2n) is 22.8. The summed E-state index contributed by atoms with van der Waals surface area (Å²) in [5, 5.41) is 239. The molecule has 8 saturated heterocycles. The van der Waals surface area contributed by atoms with Crippen LogP contribution >= 0.6 is 0 Å². The number of aliphatic hydroxyl groups is 24. The van der Waals surface area contributed by atoms with Crippen molar-refractivity contribution in [2.45, 2.75) is 266 Å². The first-order chi connectivity index (χ1) is 42.9. The highest BCUT2D eigenvalue weighted by Gasteiger charge is 2.57. The van der Waals surface area contributed by atoms with E-state index in [0.29, 0.717) is 0 Å². The Bertz CT molecular complexity index is 1990. The summed E-state index contributed by atoms with van der Waals surface area (Å²) in [4.78, 5) is 0. The molecule has 24 N–H and O–H groups in total. The molecule has 40 heteroatoms. The fourth-order valence-electron chi connectivity index (χ4n) is 11.0. The Hall–Kier alpha value is -1.60. The number of methoxy groups -OCH3 is 3. The van der Waals surface area contributed by atoms with Crippen molar-refractivity contribution in [2.24, 2.45) is 0 Å². The van der Waals surface area contributed by atoms with Crippen molar-refractivity contribution in [1.29, 1.82) is 0 Å². The van der Waals surface area contributed by atoms with Gasteiger partial charge in [-0.25, -0.2) is 0 Å². The van der Waals surface area contributed by atoms with Crippen LogP contribution in [0, 0.1) is 0 Å². The average Bonchev–Trinajstić information content (AvgIpc) is 0.851. The van der Waals surface area contributed by atoms with Crippen LogP contribution in [0.15, 0.2) is 0 Å². The lowest BCUT2D eigenvalue weighted by Crippen LogP contribution is -2.66. The highest BCUT2D eigenvalue weighted by atomic mass is 16.8. The van der Waals surface area contributed by atoms with Crippen molar-refractivity contribution in [2.75, 3.05) is 54.4 Å². The molecular formula is C51H92O40. The van der Waals surface area contributed by atoms with Crippen LogP contribution in [0.2, 0.25) is 0 Å². The van der Waals surface area contributed by atoms with Crippen LogP contribution in [-0.2, 0) is 75.8 Å². The zero-order chi connectivity index (χ0) is 67.9. The van der Waals surface area contributed by atoms with Gasteiger partial charge in [0.1, 0.15) is 177 Å². The van der Waals surface area contributed by atoms with E-state index in [0.717, 1.165) is 0 Å². The lowest BCUT2D eigenvalue weighted by molar-refractivity contribution is -0.388. The van der Waals surface area contributed by atoms with E-state index in [-0.39, 0.29) is 0 Å². The molecule has 91 heavy (non-hydrogen) atoms. The average molecular weight is 1350 g/mol. The molecule has 536 valence electrons. The first-order valence-corrected chi connectivity index (χ1v) is 29.0. The van der Waals surface area contributed by atoms with Gasteiger partial charge in [0.05, 0.1) is 51.3 Å². The summed E-state index contributed by atoms with van der Waals surface area (Å²) in [6.07, 6.45) is -58.1. The molecule has 0 amide bonds. The summed E-state index contributed by atoms with van der Waals surface area (Å²) in [5.41, 5.74) is 0. The predicted molar refractivity (Wildman–Crippen MR) is 281 cm³/mol. The highest BCUT2D eigenvalue weighted by Crippen LogP contribution is 2.37. The Labute approximate surface area is 518 Å². The lowest BCUT2D eigenvalue weighted by Gasteiger charge is -2.48. The van der Waals surface area contributed by atoms with Gasteiger partial charge in [-0.1, -0.05) is 0 Å². The van der Waals surface area contributed by atoms with E-state index < -0.39 is 279 Å². The third-order valence-corrected chi connectivity index (χ3v) is 16.7. The van der Waals surface area contributed by atoms with Gasteiger partial charge >= 0.3 is 0 Å². The minimum atomic E-state index is -1.81. The van der Waals surface area contributed by atoms with Crippen LogP contribution in [0.1, 0.15) is 20.8 Å². The Morgan fingerprint density at radius 2 is 0.407 bits per heavy atom. The maximum atomic E-state index is 10.8. The number of hydrogen-bond donors (Lipinski definition) is 24. The fourth-order valence-corrected chi connectivity index (χ4v) is 11.0. The topological polar surface area (TPSA) is 633 Å². The summed E-state index contributed by atoms with van der Waals surface area (Å²) in [5.74, 6) is 0. The summed E-state index contributed by atoms with van der Waals surface area (Å²) < 4.78 is 86.8. The van der Waals surface area contributed by atoms with Gasteiger partial charge in [-0.05, 0) is 20.8 Å². The maximum absolute atomic E-state index is 10.8. The van der Waals surface area contributed by atoms with E-state index in [2.05, 4.69) is 0 Å². The van der Waals surface area contributed by atoms with Crippen LogP contribution in [0.25, 0.3) is 0 Å².